The molecule has 4 unspecified atom stereocenters. The molecule has 0 saturated heterocycles. The number of likely N-dealkylation sites (N-methyl/N-ethyl adjacent to an activating group) is 1. The van der Waals surface area contributed by atoms with Gasteiger partial charge in [-0.1, -0.05) is 15.9 Å². The highest BCUT2D eigenvalue weighted by Crippen LogP contribution is 2.43. The van der Waals surface area contributed by atoms with Crippen LogP contribution in [-0.2, 0) is 32.9 Å². The minimum atomic E-state index is -1.40. The number of carbonyl (C=O) groups excluding carboxylic acids is 3. The highest BCUT2D eigenvalue weighted by Gasteiger charge is 2.31. The zero-order valence-electron chi connectivity index (χ0n) is 18.1. The highest BCUT2D eigenvalue weighted by molar-refractivity contribution is 9.09. The van der Waals surface area contributed by atoms with E-state index in [1.54, 1.807) is 0 Å². The summed E-state index contributed by atoms with van der Waals surface area (Å²) in [6.45, 7) is 5.08. The smallest absolute Gasteiger partial charge is 0.318 e. The summed E-state index contributed by atoms with van der Waals surface area (Å²) in [5, 5.41) is 9.17. The van der Waals surface area contributed by atoms with Crippen molar-refractivity contribution in [3.8, 4) is 0 Å². The van der Waals surface area contributed by atoms with Crippen LogP contribution in [0.5, 0.6) is 0 Å². The monoisotopic (exact) mass is 534 g/mol. The van der Waals surface area contributed by atoms with Gasteiger partial charge in [0.25, 0.3) is 6.47 Å². The van der Waals surface area contributed by atoms with Crippen LogP contribution in [-0.4, -0.2) is 74.2 Å². The molecule has 2 aliphatic rings. The maximum Gasteiger partial charge on any atom is 0.318 e. The van der Waals surface area contributed by atoms with Gasteiger partial charge in [-0.2, -0.15) is 0 Å². The van der Waals surface area contributed by atoms with E-state index in [1.807, 2.05) is 20.0 Å². The molecule has 178 valence electrons. The first-order chi connectivity index (χ1) is 15.4. The van der Waals surface area contributed by atoms with Crippen molar-refractivity contribution in [3.05, 3.63) is 35.4 Å². The average Bonchev–Trinajstić information content (AvgIpc) is 2.81. The maximum absolute atomic E-state index is 11.4. The second-order valence-electron chi connectivity index (χ2n) is 6.83. The largest absolute Gasteiger partial charge is 0.463 e. The Morgan fingerprint density at radius 3 is 2.94 bits per heavy atom. The molecule has 0 fully saturated rings. The third-order valence-electron chi connectivity index (χ3n) is 4.51. The number of alkyl halides is 1. The lowest BCUT2D eigenvalue weighted by molar-refractivity contribution is -0.130. The van der Waals surface area contributed by atoms with E-state index < -0.39 is 14.8 Å². The van der Waals surface area contributed by atoms with E-state index in [9.17, 15) is 14.4 Å². The Bertz CT molecular complexity index is 764. The summed E-state index contributed by atoms with van der Waals surface area (Å²) >= 11 is 3.32. The summed E-state index contributed by atoms with van der Waals surface area (Å²) in [5.41, 5.74) is 1.77. The molecule has 3 N–H and O–H groups in total. The Morgan fingerprint density at radius 1 is 1.50 bits per heavy atom. The van der Waals surface area contributed by atoms with Gasteiger partial charge >= 0.3 is 8.53 Å². The molecule has 2 rings (SSSR count). The summed E-state index contributed by atoms with van der Waals surface area (Å²) in [5.74, 6) is 0.418. The fourth-order valence-corrected chi connectivity index (χ4v) is 4.61. The van der Waals surface area contributed by atoms with Crippen molar-refractivity contribution in [1.82, 2.24) is 20.6 Å². The van der Waals surface area contributed by atoms with Crippen LogP contribution in [0.25, 0.3) is 0 Å². The van der Waals surface area contributed by atoms with Gasteiger partial charge in [0, 0.05) is 48.5 Å². The Labute approximate surface area is 196 Å². The number of ether oxygens (including phenoxy) is 2. The molecule has 2 amide bonds. The average molecular weight is 535 g/mol. The minimum Gasteiger partial charge on any atom is -0.463 e. The van der Waals surface area contributed by atoms with Crippen molar-refractivity contribution in [1.29, 1.82) is 0 Å². The molecule has 0 aromatic carbocycles. The van der Waals surface area contributed by atoms with Crippen molar-refractivity contribution in [2.45, 2.75) is 32.2 Å². The van der Waals surface area contributed by atoms with Gasteiger partial charge in [-0.15, -0.1) is 0 Å². The summed E-state index contributed by atoms with van der Waals surface area (Å²) < 4.78 is 22.6. The van der Waals surface area contributed by atoms with Crippen molar-refractivity contribution in [3.63, 3.8) is 0 Å². The molecular formula is C19H28BrN4O7P. The molecule has 0 aromatic heterocycles. The first kappa shape index (κ1) is 26.3. The predicted molar refractivity (Wildman–Crippen MR) is 121 cm³/mol. The summed E-state index contributed by atoms with van der Waals surface area (Å²) in [7, 11) is 0.0987. The van der Waals surface area contributed by atoms with Crippen LogP contribution >= 0.6 is 24.5 Å². The summed E-state index contributed by atoms with van der Waals surface area (Å²) in [4.78, 5) is 34.5. The van der Waals surface area contributed by atoms with Crippen LogP contribution < -0.4 is 15.7 Å². The van der Waals surface area contributed by atoms with E-state index >= 15 is 0 Å². The van der Waals surface area contributed by atoms with Gasteiger partial charge in [0.1, 0.15) is 18.6 Å². The Hall–Kier alpha value is -1.98. The fourth-order valence-electron chi connectivity index (χ4n) is 2.84. The number of carbonyl (C=O) groups is 3. The zero-order valence-corrected chi connectivity index (χ0v) is 20.6. The van der Waals surface area contributed by atoms with Crippen LogP contribution in [0.4, 0.5) is 0 Å². The number of rotatable bonds is 13. The lowest BCUT2D eigenvalue weighted by atomic mass is 10.0. The molecule has 0 saturated carbocycles. The number of halogens is 1. The molecule has 32 heavy (non-hydrogen) atoms. The molecule has 2 heterocycles. The van der Waals surface area contributed by atoms with E-state index in [0.29, 0.717) is 24.8 Å². The second-order valence-corrected chi connectivity index (χ2v) is 8.74. The number of hydrogen-bond acceptors (Lipinski definition) is 9. The lowest BCUT2D eigenvalue weighted by Gasteiger charge is -2.34. The van der Waals surface area contributed by atoms with Crippen LogP contribution in [0.3, 0.4) is 0 Å². The normalized spacial score (nSPS) is 22.1. The second kappa shape index (κ2) is 13.5. The quantitative estimate of drug-likeness (QED) is 0.104. The third kappa shape index (κ3) is 7.56. The standard InChI is InChI=1S/C19H28BrN4O7P/c1-13(30-18(6-20)24(11-25)5-4-17(27)21-3)9-29-32-23-8-16-15(10-28-12-26)7-22-14(2)19(16)31-32/h4-5,7,11-14,18,22-23H,6,8-10H2,1-3H3,(H,21,27)/b5-4-. The molecule has 2 aliphatic heterocycles. The van der Waals surface area contributed by atoms with Crippen LogP contribution in [0.15, 0.2) is 35.4 Å². The minimum absolute atomic E-state index is 0.0413. The van der Waals surface area contributed by atoms with E-state index in [2.05, 4.69) is 31.7 Å². The van der Waals surface area contributed by atoms with E-state index in [4.69, 9.17) is 18.5 Å². The van der Waals surface area contributed by atoms with Crippen LogP contribution in [0, 0.1) is 0 Å². The number of nitrogens with one attached hydrogen (secondary N) is 3. The van der Waals surface area contributed by atoms with E-state index in [1.165, 1.54) is 24.2 Å². The predicted octanol–water partition coefficient (Wildman–Crippen LogP) is 0.997. The fraction of sp³-hybridized carbons (Fsp3) is 0.526. The Balaban J connectivity index is 1.89. The molecule has 13 heteroatoms. The number of hydrogen-bond donors (Lipinski definition) is 3. The van der Waals surface area contributed by atoms with Crippen molar-refractivity contribution in [2.24, 2.45) is 0 Å². The Kier molecular flexibility index (Phi) is 11.1. The highest BCUT2D eigenvalue weighted by atomic mass is 79.9. The van der Waals surface area contributed by atoms with Crippen LogP contribution in [0.2, 0.25) is 0 Å². The lowest BCUT2D eigenvalue weighted by Crippen LogP contribution is -2.38. The molecule has 0 spiro atoms. The van der Waals surface area contributed by atoms with Crippen molar-refractivity contribution in [2.75, 3.05) is 32.1 Å². The number of nitrogens with zero attached hydrogens (tertiary/aromatic N) is 1. The summed E-state index contributed by atoms with van der Waals surface area (Å²) in [6.07, 6.45) is 4.01. The third-order valence-corrected chi connectivity index (χ3v) is 6.22. The molecule has 4 atom stereocenters. The molecule has 11 nitrogen and oxygen atoms in total. The Morgan fingerprint density at radius 2 is 2.28 bits per heavy atom. The topological polar surface area (TPSA) is 127 Å². The molecule has 0 aliphatic carbocycles. The van der Waals surface area contributed by atoms with Crippen LogP contribution in [0.1, 0.15) is 13.8 Å². The SMILES string of the molecule is CNC(=O)/C=C\N(C=O)C(CBr)OC(C)COP1NCC2=C(O1)C(C)NC=C2COC=O. The van der Waals surface area contributed by atoms with E-state index in [0.717, 1.165) is 16.9 Å². The number of amides is 2. The van der Waals surface area contributed by atoms with Gasteiger partial charge in [0.2, 0.25) is 12.3 Å². The van der Waals surface area contributed by atoms with Gasteiger partial charge < -0.3 is 29.2 Å². The molecule has 0 bridgehead atoms. The van der Waals surface area contributed by atoms with Gasteiger partial charge in [0.05, 0.1) is 18.8 Å². The van der Waals surface area contributed by atoms with E-state index in [-0.39, 0.29) is 31.3 Å². The maximum atomic E-state index is 11.4. The molecular weight excluding hydrogens is 507 g/mol. The first-order valence-electron chi connectivity index (χ1n) is 9.85. The van der Waals surface area contributed by atoms with Gasteiger partial charge in [-0.3, -0.25) is 19.3 Å². The van der Waals surface area contributed by atoms with Crippen molar-refractivity contribution < 1.29 is 32.9 Å². The van der Waals surface area contributed by atoms with Gasteiger partial charge in [-0.05, 0) is 13.8 Å². The first-order valence-corrected chi connectivity index (χ1v) is 12.2. The zero-order chi connectivity index (χ0) is 23.5. The number of dihydropyridines is 1. The van der Waals surface area contributed by atoms with Gasteiger partial charge in [0.15, 0.2) is 0 Å². The van der Waals surface area contributed by atoms with Crippen molar-refractivity contribution >= 4 is 43.2 Å². The molecule has 0 radical (unpaired) electrons. The van der Waals surface area contributed by atoms with Gasteiger partial charge in [-0.25, -0.2) is 5.09 Å². The summed E-state index contributed by atoms with van der Waals surface area (Å²) in [6, 6.07) is -0.0413. The molecule has 0 aromatic rings.